The van der Waals surface area contributed by atoms with Crippen LogP contribution in [0.3, 0.4) is 0 Å². The molecule has 13 heteroatoms. The average molecular weight is 573 g/mol. The molecule has 218 valence electrons. The van der Waals surface area contributed by atoms with Crippen molar-refractivity contribution < 1.29 is 36.1 Å². The van der Waals surface area contributed by atoms with Gasteiger partial charge in [-0.1, -0.05) is 0 Å². The first kappa shape index (κ1) is 29.5. The third-order valence-electron chi connectivity index (χ3n) is 7.71. The van der Waals surface area contributed by atoms with Gasteiger partial charge in [-0.25, -0.2) is 0 Å². The van der Waals surface area contributed by atoms with E-state index in [9.17, 15) is 41.3 Å². The van der Waals surface area contributed by atoms with Gasteiger partial charge >= 0.3 is 12.4 Å². The quantitative estimate of drug-likeness (QED) is 0.221. The minimum atomic E-state index is -4.85. The Balaban J connectivity index is 1.19. The van der Waals surface area contributed by atoms with E-state index in [-0.39, 0.29) is 29.5 Å². The van der Waals surface area contributed by atoms with Gasteiger partial charge in [0.25, 0.3) is 5.69 Å². The van der Waals surface area contributed by atoms with Gasteiger partial charge in [-0.05, 0) is 80.8 Å². The number of nitrogens with zero attached hydrogens (tertiary/aromatic N) is 2. The molecule has 1 aliphatic heterocycles. The van der Waals surface area contributed by atoms with E-state index in [0.717, 1.165) is 42.8 Å². The maximum atomic E-state index is 13.2. The molecule has 7 nitrogen and oxygen atoms in total. The van der Waals surface area contributed by atoms with Crippen LogP contribution in [0.15, 0.2) is 42.5 Å². The normalized spacial score (nSPS) is 20.7. The van der Waals surface area contributed by atoms with Crippen LogP contribution in [0, 0.1) is 22.0 Å². The van der Waals surface area contributed by atoms with Gasteiger partial charge in [0.15, 0.2) is 0 Å². The molecule has 2 aromatic rings. The molecule has 0 aromatic heterocycles. The van der Waals surface area contributed by atoms with Gasteiger partial charge < -0.3 is 15.5 Å². The Morgan fingerprint density at radius 3 is 2.08 bits per heavy atom. The minimum Gasteiger partial charge on any atom is -0.382 e. The summed E-state index contributed by atoms with van der Waals surface area (Å²) in [6.45, 7) is 1.88. The summed E-state index contributed by atoms with van der Waals surface area (Å²) in [6.07, 6.45) is -5.35. The van der Waals surface area contributed by atoms with Gasteiger partial charge in [-0.15, -0.1) is 0 Å². The van der Waals surface area contributed by atoms with Crippen molar-refractivity contribution >= 4 is 23.0 Å². The van der Waals surface area contributed by atoms with Crippen LogP contribution in [0.25, 0.3) is 0 Å². The molecule has 1 saturated heterocycles. The van der Waals surface area contributed by atoms with Gasteiger partial charge in [-0.3, -0.25) is 14.9 Å². The van der Waals surface area contributed by atoms with E-state index >= 15 is 0 Å². The smallest absolute Gasteiger partial charge is 0.382 e. The number of carbonyl (C=O) groups is 1. The number of anilines is 2. The van der Waals surface area contributed by atoms with Crippen molar-refractivity contribution in [1.82, 2.24) is 5.32 Å². The zero-order chi connectivity index (χ0) is 29.1. The lowest BCUT2D eigenvalue weighted by Gasteiger charge is -2.34. The molecule has 0 radical (unpaired) electrons. The Morgan fingerprint density at radius 2 is 1.52 bits per heavy atom. The highest BCUT2D eigenvalue weighted by molar-refractivity contribution is 5.78. The number of benzene rings is 2. The molecule has 1 heterocycles. The zero-order valence-corrected chi connectivity index (χ0v) is 21.5. The van der Waals surface area contributed by atoms with E-state index in [1.165, 1.54) is 18.2 Å². The maximum Gasteiger partial charge on any atom is 0.423 e. The Morgan fingerprint density at radius 1 is 0.900 bits per heavy atom. The minimum absolute atomic E-state index is 0.0571. The number of amides is 1. The number of halogens is 6. The van der Waals surface area contributed by atoms with Crippen LogP contribution >= 0.6 is 0 Å². The molecule has 40 heavy (non-hydrogen) atoms. The monoisotopic (exact) mass is 572 g/mol. The number of alkyl halides is 6. The SMILES string of the molecule is O=C(NCC1CCN(c2ccc(C(F)(F)F)cc2)CC1)[C@H]1CC[C@H](Nc2ccc([N+](=O)[O-])c(C(F)(F)F)c2)CC1. The summed E-state index contributed by atoms with van der Waals surface area (Å²) < 4.78 is 78.1. The number of nitro benzene ring substituents is 1. The largest absolute Gasteiger partial charge is 0.423 e. The van der Waals surface area contributed by atoms with Gasteiger partial charge in [-0.2, -0.15) is 26.3 Å². The van der Waals surface area contributed by atoms with Crippen LogP contribution in [0.5, 0.6) is 0 Å². The van der Waals surface area contributed by atoms with E-state index in [1.54, 1.807) is 0 Å². The van der Waals surface area contributed by atoms with E-state index in [4.69, 9.17) is 0 Å². The molecule has 0 spiro atoms. The second-order valence-corrected chi connectivity index (χ2v) is 10.4. The number of rotatable bonds is 7. The summed E-state index contributed by atoms with van der Waals surface area (Å²) in [5, 5.41) is 17.0. The van der Waals surface area contributed by atoms with Crippen LogP contribution in [-0.4, -0.2) is 36.5 Å². The van der Waals surface area contributed by atoms with Crippen LogP contribution in [-0.2, 0) is 17.1 Å². The molecule has 0 bridgehead atoms. The fraction of sp³-hybridized carbons (Fsp3) is 0.519. The van der Waals surface area contributed by atoms with E-state index in [2.05, 4.69) is 10.6 Å². The van der Waals surface area contributed by atoms with Crippen molar-refractivity contribution in [2.75, 3.05) is 29.9 Å². The van der Waals surface area contributed by atoms with E-state index in [0.29, 0.717) is 45.3 Å². The van der Waals surface area contributed by atoms with Crippen LogP contribution in [0.4, 0.5) is 43.4 Å². The summed E-state index contributed by atoms with van der Waals surface area (Å²) in [7, 11) is 0. The molecule has 2 aliphatic rings. The third-order valence-corrected chi connectivity index (χ3v) is 7.71. The van der Waals surface area contributed by atoms with E-state index < -0.39 is 34.1 Å². The van der Waals surface area contributed by atoms with Crippen molar-refractivity contribution in [3.05, 3.63) is 63.7 Å². The number of nitrogens with one attached hydrogen (secondary N) is 2. The van der Waals surface area contributed by atoms with Crippen LogP contribution in [0.2, 0.25) is 0 Å². The van der Waals surface area contributed by atoms with Gasteiger partial charge in [0.2, 0.25) is 5.91 Å². The Bertz CT molecular complexity index is 1190. The Hall–Kier alpha value is -3.51. The number of carbonyl (C=O) groups excluding carboxylic acids is 1. The first-order chi connectivity index (χ1) is 18.8. The number of hydrogen-bond donors (Lipinski definition) is 2. The predicted molar refractivity (Wildman–Crippen MR) is 137 cm³/mol. The molecule has 2 N–H and O–H groups in total. The van der Waals surface area contributed by atoms with Crippen LogP contribution < -0.4 is 15.5 Å². The summed E-state index contributed by atoms with van der Waals surface area (Å²) in [5.41, 5.74) is -2.09. The second-order valence-electron chi connectivity index (χ2n) is 10.4. The van der Waals surface area contributed by atoms with Gasteiger partial charge in [0.1, 0.15) is 5.56 Å². The molecule has 2 aromatic carbocycles. The third kappa shape index (κ3) is 7.36. The highest BCUT2D eigenvalue weighted by Gasteiger charge is 2.39. The van der Waals surface area contributed by atoms with Gasteiger partial charge in [0.05, 0.1) is 10.5 Å². The summed E-state index contributed by atoms with van der Waals surface area (Å²) in [5.74, 6) is 0.00353. The standard InChI is InChI=1S/C27H30F6N4O3/c28-26(29,30)19-3-8-22(9-4-19)36-13-11-17(12-14-36)16-34-25(38)18-1-5-20(6-2-18)35-21-7-10-24(37(39)40)23(15-21)27(31,32)33/h3-4,7-10,15,17-18,20,35H,1-2,5-6,11-14,16H2,(H,34,38)/t18-,20-. The summed E-state index contributed by atoms with van der Waals surface area (Å²) in [6, 6.07) is 7.82. The molecule has 4 rings (SSSR count). The summed E-state index contributed by atoms with van der Waals surface area (Å²) >= 11 is 0. The summed E-state index contributed by atoms with van der Waals surface area (Å²) in [4.78, 5) is 24.7. The molecule has 1 amide bonds. The van der Waals surface area contributed by atoms with E-state index in [1.807, 2.05) is 4.90 Å². The van der Waals surface area contributed by atoms with Crippen LogP contribution in [0.1, 0.15) is 49.7 Å². The number of nitro groups is 1. The Kier molecular flexibility index (Phi) is 8.79. The predicted octanol–water partition coefficient (Wildman–Crippen LogP) is 6.64. The lowest BCUT2D eigenvalue weighted by molar-refractivity contribution is -0.388. The van der Waals surface area contributed by atoms with Crippen molar-refractivity contribution in [1.29, 1.82) is 0 Å². The Labute approximate surface area is 227 Å². The highest BCUT2D eigenvalue weighted by Crippen LogP contribution is 2.38. The highest BCUT2D eigenvalue weighted by atomic mass is 19.4. The molecular formula is C27H30F6N4O3. The van der Waals surface area contributed by atoms with Crippen molar-refractivity contribution in [2.45, 2.75) is 56.9 Å². The molecule has 1 aliphatic carbocycles. The molecule has 0 unspecified atom stereocenters. The number of piperidine rings is 1. The van der Waals surface area contributed by atoms with Crippen molar-refractivity contribution in [3.8, 4) is 0 Å². The fourth-order valence-corrected chi connectivity index (χ4v) is 5.39. The first-order valence-electron chi connectivity index (χ1n) is 13.1. The average Bonchev–Trinajstić information content (AvgIpc) is 2.91. The zero-order valence-electron chi connectivity index (χ0n) is 21.5. The fourth-order valence-electron chi connectivity index (χ4n) is 5.39. The van der Waals surface area contributed by atoms with Gasteiger partial charge in [0, 0.05) is 49.0 Å². The van der Waals surface area contributed by atoms with Crippen molar-refractivity contribution in [3.63, 3.8) is 0 Å². The molecule has 1 saturated carbocycles. The molecule has 0 atom stereocenters. The molecule has 2 fully saturated rings. The number of hydrogen-bond acceptors (Lipinski definition) is 5. The lowest BCUT2D eigenvalue weighted by Crippen LogP contribution is -2.41. The topological polar surface area (TPSA) is 87.5 Å². The maximum absolute atomic E-state index is 13.2. The second kappa shape index (κ2) is 11.9. The first-order valence-corrected chi connectivity index (χ1v) is 13.1. The lowest BCUT2D eigenvalue weighted by atomic mass is 9.85. The van der Waals surface area contributed by atoms with Crippen molar-refractivity contribution in [2.24, 2.45) is 11.8 Å². The molecular weight excluding hydrogens is 542 g/mol.